The number of aryl methyl sites for hydroxylation is 1. The normalized spacial score (nSPS) is 16.9. The van der Waals surface area contributed by atoms with Gasteiger partial charge in [0.05, 0.1) is 0 Å². The third kappa shape index (κ3) is 3.47. The van der Waals surface area contributed by atoms with Crippen LogP contribution in [0.15, 0.2) is 4.90 Å². The lowest BCUT2D eigenvalue weighted by molar-refractivity contribution is 0.0690. The highest BCUT2D eigenvalue weighted by molar-refractivity contribution is 7.89. The molecule has 1 aliphatic carbocycles. The minimum atomic E-state index is -3.71. The van der Waals surface area contributed by atoms with Crippen LogP contribution in [0.2, 0.25) is 0 Å². The predicted octanol–water partition coefficient (Wildman–Crippen LogP) is 2.19. The highest BCUT2D eigenvalue weighted by atomic mass is 32.2. The Hall–Kier alpha value is -1.34. The molecule has 21 heavy (non-hydrogen) atoms. The van der Waals surface area contributed by atoms with Crippen molar-refractivity contribution in [2.45, 2.75) is 57.4 Å². The molecule has 0 amide bonds. The van der Waals surface area contributed by atoms with Crippen molar-refractivity contribution in [2.24, 2.45) is 5.92 Å². The molecular weight excluding hydrogens is 292 g/mol. The molecule has 0 aromatic carbocycles. The van der Waals surface area contributed by atoms with Crippen LogP contribution in [0, 0.1) is 19.8 Å². The Morgan fingerprint density at radius 2 is 2.05 bits per heavy atom. The van der Waals surface area contributed by atoms with E-state index < -0.39 is 16.0 Å². The first-order chi connectivity index (χ1) is 9.76. The maximum absolute atomic E-state index is 12.6. The summed E-state index contributed by atoms with van der Waals surface area (Å²) < 4.78 is 27.8. The van der Waals surface area contributed by atoms with Crippen molar-refractivity contribution >= 4 is 16.0 Å². The molecule has 0 spiro atoms. The van der Waals surface area contributed by atoms with Crippen molar-refractivity contribution in [1.29, 1.82) is 0 Å². The first-order valence-electron chi connectivity index (χ1n) is 7.21. The molecule has 0 bridgehead atoms. The van der Waals surface area contributed by atoms with Gasteiger partial charge >= 0.3 is 5.97 Å². The van der Waals surface area contributed by atoms with E-state index in [0.717, 1.165) is 12.8 Å². The first-order valence-corrected chi connectivity index (χ1v) is 8.69. The van der Waals surface area contributed by atoms with E-state index in [0.29, 0.717) is 11.6 Å². The molecule has 118 valence electrons. The molecule has 1 atom stereocenters. The number of hydrogen-bond donors (Lipinski definition) is 3. The van der Waals surface area contributed by atoms with E-state index in [4.69, 9.17) is 5.11 Å². The van der Waals surface area contributed by atoms with Crippen LogP contribution in [0.25, 0.3) is 0 Å². The van der Waals surface area contributed by atoms with Gasteiger partial charge in [0.2, 0.25) is 10.0 Å². The van der Waals surface area contributed by atoms with Gasteiger partial charge in [0.15, 0.2) is 0 Å². The van der Waals surface area contributed by atoms with Crippen LogP contribution >= 0.6 is 0 Å². The fourth-order valence-electron chi connectivity index (χ4n) is 2.68. The quantitative estimate of drug-likeness (QED) is 0.718. The van der Waals surface area contributed by atoms with Crippen LogP contribution in [0.5, 0.6) is 0 Å². The number of hydrogen-bond acceptors (Lipinski definition) is 3. The summed E-state index contributed by atoms with van der Waals surface area (Å²) in [5.74, 6) is -0.525. The van der Waals surface area contributed by atoms with E-state index in [1.165, 1.54) is 19.8 Å². The smallest absolute Gasteiger partial charge is 0.352 e. The molecule has 7 heteroatoms. The van der Waals surface area contributed by atoms with E-state index in [2.05, 4.69) is 9.71 Å². The molecule has 0 aliphatic heterocycles. The SMILES string of the molecule is CCC(CC1CC1)NS(=O)(=O)c1c(C)[nH]c(C(=O)O)c1C. The van der Waals surface area contributed by atoms with Crippen molar-refractivity contribution in [2.75, 3.05) is 0 Å². The average Bonchev–Trinajstić information content (AvgIpc) is 3.12. The molecule has 3 N–H and O–H groups in total. The zero-order valence-electron chi connectivity index (χ0n) is 12.6. The summed E-state index contributed by atoms with van der Waals surface area (Å²) in [6.07, 6.45) is 3.92. The van der Waals surface area contributed by atoms with Gasteiger partial charge in [0.25, 0.3) is 0 Å². The lowest BCUT2D eigenvalue weighted by Crippen LogP contribution is -2.35. The topological polar surface area (TPSA) is 99.3 Å². The number of carbonyl (C=O) groups is 1. The number of nitrogens with one attached hydrogen (secondary N) is 2. The second-order valence-electron chi connectivity index (χ2n) is 5.79. The van der Waals surface area contributed by atoms with Gasteiger partial charge in [-0.1, -0.05) is 19.8 Å². The monoisotopic (exact) mass is 314 g/mol. The van der Waals surface area contributed by atoms with Crippen LogP contribution in [-0.4, -0.2) is 30.5 Å². The van der Waals surface area contributed by atoms with Gasteiger partial charge in [0.1, 0.15) is 10.6 Å². The standard InChI is InChI=1S/C14H22N2O4S/c1-4-11(7-10-5-6-10)16-21(19,20)13-8(2)12(14(17)18)15-9(13)3/h10-11,15-16H,4-7H2,1-3H3,(H,17,18). The fraction of sp³-hybridized carbons (Fsp3) is 0.643. The zero-order chi connectivity index (χ0) is 15.8. The molecule has 1 heterocycles. The summed E-state index contributed by atoms with van der Waals surface area (Å²) in [4.78, 5) is 13.8. The number of aromatic carboxylic acids is 1. The van der Waals surface area contributed by atoms with Gasteiger partial charge in [0, 0.05) is 17.3 Å². The van der Waals surface area contributed by atoms with Crippen LogP contribution < -0.4 is 4.72 Å². The molecule has 1 unspecified atom stereocenters. The second-order valence-corrected chi connectivity index (χ2v) is 7.44. The van der Waals surface area contributed by atoms with Crippen molar-refractivity contribution in [3.8, 4) is 0 Å². The first kappa shape index (κ1) is 16.0. The van der Waals surface area contributed by atoms with E-state index in [1.54, 1.807) is 6.92 Å². The van der Waals surface area contributed by atoms with Crippen molar-refractivity contribution in [3.63, 3.8) is 0 Å². The molecule has 1 aliphatic rings. The van der Waals surface area contributed by atoms with Gasteiger partial charge in [-0.05, 0) is 32.6 Å². The van der Waals surface area contributed by atoms with Crippen molar-refractivity contribution in [1.82, 2.24) is 9.71 Å². The predicted molar refractivity (Wildman–Crippen MR) is 79.0 cm³/mol. The van der Waals surface area contributed by atoms with Crippen LogP contribution in [-0.2, 0) is 10.0 Å². The number of H-pyrrole nitrogens is 1. The number of sulfonamides is 1. The van der Waals surface area contributed by atoms with Gasteiger partial charge in [-0.15, -0.1) is 0 Å². The Kier molecular flexibility index (Phi) is 4.43. The van der Waals surface area contributed by atoms with Gasteiger partial charge in [-0.3, -0.25) is 0 Å². The maximum Gasteiger partial charge on any atom is 0.352 e. The molecule has 0 radical (unpaired) electrons. The highest BCUT2D eigenvalue weighted by Gasteiger charge is 2.31. The van der Waals surface area contributed by atoms with E-state index >= 15 is 0 Å². The van der Waals surface area contributed by atoms with Crippen molar-refractivity contribution in [3.05, 3.63) is 17.0 Å². The third-order valence-electron chi connectivity index (χ3n) is 3.98. The van der Waals surface area contributed by atoms with E-state index in [9.17, 15) is 13.2 Å². The molecule has 0 saturated heterocycles. The van der Waals surface area contributed by atoms with E-state index in [-0.39, 0.29) is 22.2 Å². The summed E-state index contributed by atoms with van der Waals surface area (Å²) in [6.45, 7) is 5.05. The molecule has 2 rings (SSSR count). The third-order valence-corrected chi connectivity index (χ3v) is 5.77. The Labute approximate surface area is 125 Å². The number of aromatic amines is 1. The number of carboxylic acid groups (broad SMARTS) is 1. The summed E-state index contributed by atoms with van der Waals surface area (Å²) in [7, 11) is -3.71. The number of rotatable bonds is 7. The summed E-state index contributed by atoms with van der Waals surface area (Å²) in [6, 6.07) is -0.0931. The average molecular weight is 314 g/mol. The van der Waals surface area contributed by atoms with Gasteiger partial charge in [-0.2, -0.15) is 0 Å². The second kappa shape index (κ2) is 5.81. The zero-order valence-corrected chi connectivity index (χ0v) is 13.4. The molecule has 1 fully saturated rings. The number of aromatic nitrogens is 1. The van der Waals surface area contributed by atoms with Crippen LogP contribution in [0.3, 0.4) is 0 Å². The molecule has 6 nitrogen and oxygen atoms in total. The van der Waals surface area contributed by atoms with Crippen LogP contribution in [0.1, 0.15) is 54.4 Å². The Balaban J connectivity index is 2.28. The lowest BCUT2D eigenvalue weighted by Gasteiger charge is -2.17. The highest BCUT2D eigenvalue weighted by Crippen LogP contribution is 2.34. The van der Waals surface area contributed by atoms with Gasteiger partial charge in [-0.25, -0.2) is 17.9 Å². The Bertz CT molecular complexity index is 644. The lowest BCUT2D eigenvalue weighted by atomic mass is 10.1. The van der Waals surface area contributed by atoms with Crippen molar-refractivity contribution < 1.29 is 18.3 Å². The van der Waals surface area contributed by atoms with Crippen LogP contribution in [0.4, 0.5) is 0 Å². The number of carboxylic acids is 1. The minimum absolute atomic E-state index is 0.0640. The molecule has 1 saturated carbocycles. The Morgan fingerprint density at radius 1 is 1.43 bits per heavy atom. The Morgan fingerprint density at radius 3 is 2.48 bits per heavy atom. The molecule has 1 aromatic heterocycles. The molecular formula is C14H22N2O4S. The largest absolute Gasteiger partial charge is 0.477 e. The molecule has 1 aromatic rings. The maximum atomic E-state index is 12.6. The summed E-state index contributed by atoms with van der Waals surface area (Å²) in [5.41, 5.74) is 0.551. The minimum Gasteiger partial charge on any atom is -0.477 e. The fourth-order valence-corrected chi connectivity index (χ4v) is 4.46. The summed E-state index contributed by atoms with van der Waals surface area (Å²) >= 11 is 0. The van der Waals surface area contributed by atoms with E-state index in [1.807, 2.05) is 6.92 Å². The van der Waals surface area contributed by atoms with Gasteiger partial charge < -0.3 is 10.1 Å². The summed E-state index contributed by atoms with van der Waals surface area (Å²) in [5, 5.41) is 9.08.